The summed E-state index contributed by atoms with van der Waals surface area (Å²) in [6, 6.07) is 6.73. The van der Waals surface area contributed by atoms with E-state index in [-0.39, 0.29) is 12.4 Å². The average molecular weight is 245 g/mol. The lowest BCUT2D eigenvalue weighted by Crippen LogP contribution is -2.20. The van der Waals surface area contributed by atoms with E-state index in [4.69, 9.17) is 5.11 Å². The minimum atomic E-state index is -2.81. The Morgan fingerprint density at radius 2 is 2.06 bits per heavy atom. The lowest BCUT2D eigenvalue weighted by atomic mass is 10.2. The highest BCUT2D eigenvalue weighted by atomic mass is 19.3. The first-order chi connectivity index (χ1) is 8.13. The Balaban J connectivity index is 2.62. The SMILES string of the molecule is CN(CCCO)Cc1ccccc1OC(F)F. The van der Waals surface area contributed by atoms with Gasteiger partial charge in [-0.1, -0.05) is 18.2 Å². The summed E-state index contributed by atoms with van der Waals surface area (Å²) in [7, 11) is 1.87. The van der Waals surface area contributed by atoms with Crippen LogP contribution >= 0.6 is 0 Å². The quantitative estimate of drug-likeness (QED) is 0.798. The first kappa shape index (κ1) is 13.9. The van der Waals surface area contributed by atoms with Crippen LogP contribution in [0.1, 0.15) is 12.0 Å². The van der Waals surface area contributed by atoms with E-state index >= 15 is 0 Å². The molecule has 0 aliphatic heterocycles. The molecule has 1 rings (SSSR count). The van der Waals surface area contributed by atoms with Gasteiger partial charge in [-0.2, -0.15) is 8.78 Å². The van der Waals surface area contributed by atoms with Crippen molar-refractivity contribution >= 4 is 0 Å². The molecule has 0 heterocycles. The summed E-state index contributed by atoms with van der Waals surface area (Å²) in [5.74, 6) is 0.207. The van der Waals surface area contributed by atoms with Crippen LogP contribution in [0.4, 0.5) is 8.78 Å². The van der Waals surface area contributed by atoms with Crippen LogP contribution in [0.5, 0.6) is 5.75 Å². The molecule has 3 nitrogen and oxygen atoms in total. The summed E-state index contributed by atoms with van der Waals surface area (Å²) in [5.41, 5.74) is 0.716. The number of para-hydroxylation sites is 1. The number of hydrogen-bond donors (Lipinski definition) is 1. The standard InChI is InChI=1S/C12H17F2NO2/c1-15(7-4-8-16)9-10-5-2-3-6-11(10)17-12(13)14/h2-3,5-6,12,16H,4,7-9H2,1H3. The Hall–Kier alpha value is -1.20. The highest BCUT2D eigenvalue weighted by Gasteiger charge is 2.10. The Kier molecular flexibility index (Phi) is 5.86. The molecule has 0 bridgehead atoms. The zero-order chi connectivity index (χ0) is 12.7. The molecule has 0 atom stereocenters. The molecule has 0 radical (unpaired) electrons. The highest BCUT2D eigenvalue weighted by Crippen LogP contribution is 2.21. The molecule has 1 N–H and O–H groups in total. The number of ether oxygens (including phenoxy) is 1. The maximum atomic E-state index is 12.2. The normalized spacial score (nSPS) is 11.2. The Morgan fingerprint density at radius 1 is 1.35 bits per heavy atom. The number of aliphatic hydroxyl groups is 1. The van der Waals surface area contributed by atoms with Gasteiger partial charge in [0.2, 0.25) is 0 Å². The topological polar surface area (TPSA) is 32.7 Å². The molecule has 0 spiro atoms. The summed E-state index contributed by atoms with van der Waals surface area (Å²) in [4.78, 5) is 1.95. The molecule has 1 aromatic carbocycles. The molecule has 17 heavy (non-hydrogen) atoms. The molecule has 0 saturated heterocycles. The van der Waals surface area contributed by atoms with Crippen LogP contribution < -0.4 is 4.74 Å². The molecule has 1 aromatic rings. The average Bonchev–Trinajstić information content (AvgIpc) is 2.28. The van der Waals surface area contributed by atoms with Gasteiger partial charge in [-0.15, -0.1) is 0 Å². The van der Waals surface area contributed by atoms with Gasteiger partial charge >= 0.3 is 6.61 Å². The van der Waals surface area contributed by atoms with Crippen molar-refractivity contribution < 1.29 is 18.6 Å². The molecule has 96 valence electrons. The zero-order valence-corrected chi connectivity index (χ0v) is 9.77. The maximum Gasteiger partial charge on any atom is 0.387 e. The van der Waals surface area contributed by atoms with Gasteiger partial charge in [-0.05, 0) is 19.5 Å². The fraction of sp³-hybridized carbons (Fsp3) is 0.500. The van der Waals surface area contributed by atoms with E-state index in [0.717, 1.165) is 0 Å². The van der Waals surface area contributed by atoms with Gasteiger partial charge in [0.25, 0.3) is 0 Å². The predicted octanol–water partition coefficient (Wildman–Crippen LogP) is 2.10. The second-order valence-corrected chi connectivity index (χ2v) is 3.80. The van der Waals surface area contributed by atoms with E-state index in [1.807, 2.05) is 11.9 Å². The summed E-state index contributed by atoms with van der Waals surface area (Å²) >= 11 is 0. The third-order valence-corrected chi connectivity index (χ3v) is 2.33. The first-order valence-electron chi connectivity index (χ1n) is 5.45. The minimum absolute atomic E-state index is 0.125. The molecule has 0 saturated carbocycles. The molecule has 0 aromatic heterocycles. The first-order valence-corrected chi connectivity index (χ1v) is 5.45. The van der Waals surface area contributed by atoms with Gasteiger partial charge in [0, 0.05) is 25.3 Å². The van der Waals surface area contributed by atoms with Gasteiger partial charge in [0.1, 0.15) is 5.75 Å². The van der Waals surface area contributed by atoms with Crippen molar-refractivity contribution in [1.29, 1.82) is 0 Å². The highest BCUT2D eigenvalue weighted by molar-refractivity contribution is 5.33. The number of rotatable bonds is 7. The van der Waals surface area contributed by atoms with Crippen molar-refractivity contribution in [3.05, 3.63) is 29.8 Å². The third-order valence-electron chi connectivity index (χ3n) is 2.33. The fourth-order valence-corrected chi connectivity index (χ4v) is 1.56. The van der Waals surface area contributed by atoms with Gasteiger partial charge in [-0.3, -0.25) is 0 Å². The monoisotopic (exact) mass is 245 g/mol. The van der Waals surface area contributed by atoms with Crippen LogP contribution in [-0.2, 0) is 6.54 Å². The van der Waals surface area contributed by atoms with Crippen LogP contribution in [-0.4, -0.2) is 36.8 Å². The summed E-state index contributed by atoms with van der Waals surface area (Å²) in [6.07, 6.45) is 0.661. The van der Waals surface area contributed by atoms with Gasteiger partial charge < -0.3 is 14.7 Å². The van der Waals surface area contributed by atoms with Crippen molar-refractivity contribution in [3.8, 4) is 5.75 Å². The second kappa shape index (κ2) is 7.19. The van der Waals surface area contributed by atoms with Crippen LogP contribution in [0.2, 0.25) is 0 Å². The molecular weight excluding hydrogens is 228 g/mol. The second-order valence-electron chi connectivity index (χ2n) is 3.80. The molecule has 5 heteroatoms. The minimum Gasteiger partial charge on any atom is -0.434 e. The molecular formula is C12H17F2NO2. The molecule has 0 aliphatic rings. The van der Waals surface area contributed by atoms with E-state index in [1.165, 1.54) is 6.07 Å². The number of hydrogen-bond acceptors (Lipinski definition) is 3. The summed E-state index contributed by atoms with van der Waals surface area (Å²) in [5, 5.41) is 8.70. The van der Waals surface area contributed by atoms with E-state index in [2.05, 4.69) is 4.74 Å². The van der Waals surface area contributed by atoms with Crippen LogP contribution in [0, 0.1) is 0 Å². The summed E-state index contributed by atoms with van der Waals surface area (Å²) < 4.78 is 28.8. The van der Waals surface area contributed by atoms with Crippen molar-refractivity contribution in [2.45, 2.75) is 19.6 Å². The number of benzene rings is 1. The summed E-state index contributed by atoms with van der Waals surface area (Å²) in [6.45, 7) is -1.46. The van der Waals surface area contributed by atoms with E-state index in [0.29, 0.717) is 25.1 Å². The van der Waals surface area contributed by atoms with E-state index in [9.17, 15) is 8.78 Å². The van der Waals surface area contributed by atoms with Crippen molar-refractivity contribution in [3.63, 3.8) is 0 Å². The van der Waals surface area contributed by atoms with E-state index < -0.39 is 6.61 Å². The van der Waals surface area contributed by atoms with Crippen molar-refractivity contribution in [2.75, 3.05) is 20.2 Å². The third kappa shape index (κ3) is 5.10. The Labute approximate surface area is 99.6 Å². The fourth-order valence-electron chi connectivity index (χ4n) is 1.56. The van der Waals surface area contributed by atoms with Crippen LogP contribution in [0.25, 0.3) is 0 Å². The molecule has 0 unspecified atom stereocenters. The van der Waals surface area contributed by atoms with Gasteiger partial charge in [-0.25, -0.2) is 0 Å². The number of halogens is 2. The van der Waals surface area contributed by atoms with Crippen molar-refractivity contribution in [1.82, 2.24) is 4.90 Å². The maximum absolute atomic E-state index is 12.2. The van der Waals surface area contributed by atoms with Gasteiger partial charge in [0.15, 0.2) is 0 Å². The Bertz CT molecular complexity index is 334. The predicted molar refractivity (Wildman–Crippen MR) is 61.1 cm³/mol. The largest absolute Gasteiger partial charge is 0.434 e. The molecule has 0 amide bonds. The lowest BCUT2D eigenvalue weighted by Gasteiger charge is -2.18. The van der Waals surface area contributed by atoms with Crippen molar-refractivity contribution in [2.24, 2.45) is 0 Å². The molecule has 0 fully saturated rings. The van der Waals surface area contributed by atoms with Crippen LogP contribution in [0.15, 0.2) is 24.3 Å². The lowest BCUT2D eigenvalue weighted by molar-refractivity contribution is -0.0507. The van der Waals surface area contributed by atoms with Crippen LogP contribution in [0.3, 0.4) is 0 Å². The molecule has 0 aliphatic carbocycles. The number of nitrogens with zero attached hydrogens (tertiary/aromatic N) is 1. The smallest absolute Gasteiger partial charge is 0.387 e. The van der Waals surface area contributed by atoms with Gasteiger partial charge in [0.05, 0.1) is 0 Å². The zero-order valence-electron chi connectivity index (χ0n) is 9.77. The Morgan fingerprint density at radius 3 is 2.71 bits per heavy atom. The number of aliphatic hydroxyl groups excluding tert-OH is 1. The van der Waals surface area contributed by atoms with E-state index in [1.54, 1.807) is 18.2 Å². The number of alkyl halides is 2.